The van der Waals surface area contributed by atoms with E-state index in [9.17, 15) is 9.90 Å². The number of ether oxygens (including phenoxy) is 2. The maximum atomic E-state index is 12.7. The summed E-state index contributed by atoms with van der Waals surface area (Å²) in [6, 6.07) is 13.5. The summed E-state index contributed by atoms with van der Waals surface area (Å²) in [5.74, 6) is 0.827. The standard InChI is InChI=1S/C23H30N2O4/c1-16(2)29-22-12-20(28-3)8-9-21(22)23(27)24-13-19(26)15-25-11-10-17-6-4-5-7-18(17)14-25/h4-9,12,16,19,26H,10-11,13-15H2,1-3H3,(H,24,27)/t19-/m0/s1. The number of nitrogens with zero attached hydrogens (tertiary/aromatic N) is 1. The van der Waals surface area contributed by atoms with Crippen LogP contribution in [0.1, 0.15) is 35.3 Å². The minimum atomic E-state index is -0.642. The highest BCUT2D eigenvalue weighted by atomic mass is 16.5. The van der Waals surface area contributed by atoms with Crippen LogP contribution in [0.15, 0.2) is 42.5 Å². The van der Waals surface area contributed by atoms with Crippen LogP contribution in [0.3, 0.4) is 0 Å². The SMILES string of the molecule is COc1ccc(C(=O)NC[C@H](O)CN2CCc3ccccc3C2)c(OC(C)C)c1. The van der Waals surface area contributed by atoms with Crippen LogP contribution in [0.5, 0.6) is 11.5 Å². The van der Waals surface area contributed by atoms with Crippen molar-refractivity contribution >= 4 is 5.91 Å². The van der Waals surface area contributed by atoms with E-state index >= 15 is 0 Å². The van der Waals surface area contributed by atoms with Crippen LogP contribution >= 0.6 is 0 Å². The number of fused-ring (bicyclic) bond motifs is 1. The van der Waals surface area contributed by atoms with Crippen LogP contribution in [-0.2, 0) is 13.0 Å². The van der Waals surface area contributed by atoms with Crippen LogP contribution in [0.25, 0.3) is 0 Å². The van der Waals surface area contributed by atoms with Gasteiger partial charge in [-0.25, -0.2) is 0 Å². The van der Waals surface area contributed by atoms with Gasteiger partial charge in [0.05, 0.1) is 24.9 Å². The fourth-order valence-corrected chi connectivity index (χ4v) is 3.55. The van der Waals surface area contributed by atoms with Crippen molar-refractivity contribution < 1.29 is 19.4 Å². The lowest BCUT2D eigenvalue weighted by Crippen LogP contribution is -2.42. The van der Waals surface area contributed by atoms with E-state index in [1.165, 1.54) is 11.1 Å². The molecule has 0 bridgehead atoms. The molecule has 0 saturated heterocycles. The summed E-state index contributed by atoms with van der Waals surface area (Å²) in [6.07, 6.45) is 0.273. The Morgan fingerprint density at radius 1 is 1.21 bits per heavy atom. The maximum absolute atomic E-state index is 12.7. The Bertz CT molecular complexity index is 837. The van der Waals surface area contributed by atoms with E-state index in [0.29, 0.717) is 23.6 Å². The van der Waals surface area contributed by atoms with Crippen molar-refractivity contribution in [2.75, 3.05) is 26.7 Å². The molecule has 1 aliphatic heterocycles. The van der Waals surface area contributed by atoms with Crippen LogP contribution in [0.4, 0.5) is 0 Å². The second kappa shape index (κ2) is 9.76. The fraction of sp³-hybridized carbons (Fsp3) is 0.435. The highest BCUT2D eigenvalue weighted by Gasteiger charge is 2.20. The normalized spacial score (nSPS) is 14.9. The molecule has 1 atom stereocenters. The molecule has 1 amide bonds. The molecule has 2 aromatic rings. The average Bonchev–Trinajstić information content (AvgIpc) is 2.71. The van der Waals surface area contributed by atoms with Crippen molar-refractivity contribution in [2.45, 2.75) is 39.0 Å². The zero-order valence-corrected chi connectivity index (χ0v) is 17.4. The minimum absolute atomic E-state index is 0.0683. The number of benzene rings is 2. The van der Waals surface area contributed by atoms with Gasteiger partial charge in [0.1, 0.15) is 11.5 Å². The molecule has 0 radical (unpaired) electrons. The van der Waals surface area contributed by atoms with E-state index in [0.717, 1.165) is 19.5 Å². The van der Waals surface area contributed by atoms with Gasteiger partial charge in [-0.3, -0.25) is 9.69 Å². The van der Waals surface area contributed by atoms with Gasteiger partial charge >= 0.3 is 0 Å². The molecule has 1 heterocycles. The molecular formula is C23H30N2O4. The smallest absolute Gasteiger partial charge is 0.255 e. The summed E-state index contributed by atoms with van der Waals surface area (Å²) in [5.41, 5.74) is 3.12. The Labute approximate surface area is 172 Å². The van der Waals surface area contributed by atoms with Crippen LogP contribution in [0.2, 0.25) is 0 Å². The van der Waals surface area contributed by atoms with Crippen LogP contribution in [-0.4, -0.2) is 54.9 Å². The van der Waals surface area contributed by atoms with Crippen molar-refractivity contribution in [2.24, 2.45) is 0 Å². The quantitative estimate of drug-likeness (QED) is 0.715. The molecule has 29 heavy (non-hydrogen) atoms. The largest absolute Gasteiger partial charge is 0.497 e. The summed E-state index contributed by atoms with van der Waals surface area (Å²) in [5, 5.41) is 13.3. The third kappa shape index (κ3) is 5.71. The Morgan fingerprint density at radius 2 is 1.97 bits per heavy atom. The predicted molar refractivity (Wildman–Crippen MR) is 113 cm³/mol. The minimum Gasteiger partial charge on any atom is -0.497 e. The van der Waals surface area contributed by atoms with E-state index in [4.69, 9.17) is 9.47 Å². The summed E-state index contributed by atoms with van der Waals surface area (Å²) < 4.78 is 11.0. The summed E-state index contributed by atoms with van der Waals surface area (Å²) >= 11 is 0. The molecule has 2 N–H and O–H groups in total. The molecule has 6 nitrogen and oxygen atoms in total. The monoisotopic (exact) mass is 398 g/mol. The Kier molecular flexibility index (Phi) is 7.12. The van der Waals surface area contributed by atoms with E-state index in [2.05, 4.69) is 28.4 Å². The van der Waals surface area contributed by atoms with E-state index < -0.39 is 6.10 Å². The first-order chi connectivity index (χ1) is 14.0. The van der Waals surface area contributed by atoms with Crippen molar-refractivity contribution in [3.8, 4) is 11.5 Å². The number of aliphatic hydroxyl groups is 1. The van der Waals surface area contributed by atoms with Crippen molar-refractivity contribution in [3.05, 3.63) is 59.2 Å². The summed E-state index contributed by atoms with van der Waals surface area (Å²) in [6.45, 7) is 6.25. The zero-order chi connectivity index (χ0) is 20.8. The van der Waals surface area contributed by atoms with Crippen molar-refractivity contribution in [3.63, 3.8) is 0 Å². The van der Waals surface area contributed by atoms with Gasteiger partial charge in [-0.15, -0.1) is 0 Å². The number of hydrogen-bond donors (Lipinski definition) is 2. The third-order valence-electron chi connectivity index (χ3n) is 4.97. The van der Waals surface area contributed by atoms with Crippen molar-refractivity contribution in [1.82, 2.24) is 10.2 Å². The lowest BCUT2D eigenvalue weighted by Gasteiger charge is -2.30. The maximum Gasteiger partial charge on any atom is 0.255 e. The van der Waals surface area contributed by atoms with Crippen molar-refractivity contribution in [1.29, 1.82) is 0 Å². The third-order valence-corrected chi connectivity index (χ3v) is 4.97. The number of carbonyl (C=O) groups is 1. The number of β-amino-alcohol motifs (C(OH)–C–C–N with tert-alkyl or cyclic N) is 1. The Hall–Kier alpha value is -2.57. The molecule has 0 unspecified atom stereocenters. The Balaban J connectivity index is 1.55. The van der Waals surface area contributed by atoms with Crippen LogP contribution in [0, 0.1) is 0 Å². The summed E-state index contributed by atoms with van der Waals surface area (Å²) in [4.78, 5) is 14.9. The van der Waals surface area contributed by atoms with Gasteiger partial charge in [0.15, 0.2) is 0 Å². The molecule has 0 fully saturated rings. The highest BCUT2D eigenvalue weighted by Crippen LogP contribution is 2.26. The van der Waals surface area contributed by atoms with E-state index in [-0.39, 0.29) is 18.6 Å². The second-order valence-electron chi connectivity index (χ2n) is 7.65. The molecular weight excluding hydrogens is 368 g/mol. The molecule has 0 saturated carbocycles. The van der Waals surface area contributed by atoms with E-state index in [1.54, 1.807) is 25.3 Å². The molecule has 3 rings (SSSR count). The first-order valence-corrected chi connectivity index (χ1v) is 10.1. The van der Waals surface area contributed by atoms with Gasteiger partial charge in [-0.1, -0.05) is 24.3 Å². The molecule has 2 aromatic carbocycles. The molecule has 0 spiro atoms. The number of amides is 1. The fourth-order valence-electron chi connectivity index (χ4n) is 3.55. The van der Waals surface area contributed by atoms with Gasteiger partial charge in [0.25, 0.3) is 5.91 Å². The van der Waals surface area contributed by atoms with Gasteiger partial charge in [0, 0.05) is 32.2 Å². The van der Waals surface area contributed by atoms with Gasteiger partial charge in [-0.05, 0) is 43.5 Å². The average molecular weight is 399 g/mol. The Morgan fingerprint density at radius 3 is 2.69 bits per heavy atom. The number of rotatable bonds is 8. The molecule has 1 aliphatic rings. The molecule has 156 valence electrons. The first-order valence-electron chi connectivity index (χ1n) is 10.1. The molecule has 0 aromatic heterocycles. The number of aliphatic hydroxyl groups excluding tert-OH is 1. The van der Waals surface area contributed by atoms with E-state index in [1.807, 2.05) is 19.9 Å². The molecule has 6 heteroatoms. The van der Waals surface area contributed by atoms with Crippen LogP contribution < -0.4 is 14.8 Å². The predicted octanol–water partition coefficient (Wildman–Crippen LogP) is 2.63. The molecule has 0 aliphatic carbocycles. The first kappa shape index (κ1) is 21.1. The number of methoxy groups -OCH3 is 1. The van der Waals surface area contributed by atoms with Gasteiger partial charge in [-0.2, -0.15) is 0 Å². The highest BCUT2D eigenvalue weighted by molar-refractivity contribution is 5.97. The topological polar surface area (TPSA) is 71.0 Å². The summed E-state index contributed by atoms with van der Waals surface area (Å²) in [7, 11) is 1.57. The lowest BCUT2D eigenvalue weighted by atomic mass is 10.00. The zero-order valence-electron chi connectivity index (χ0n) is 17.4. The number of hydrogen-bond acceptors (Lipinski definition) is 5. The lowest BCUT2D eigenvalue weighted by molar-refractivity contribution is 0.0837. The van der Waals surface area contributed by atoms with Gasteiger partial charge in [0.2, 0.25) is 0 Å². The van der Waals surface area contributed by atoms with Gasteiger partial charge < -0.3 is 19.9 Å². The number of nitrogens with one attached hydrogen (secondary N) is 1. The number of carbonyl (C=O) groups excluding carboxylic acids is 1. The second-order valence-corrected chi connectivity index (χ2v) is 7.65.